The van der Waals surface area contributed by atoms with Crippen molar-refractivity contribution < 1.29 is 32.6 Å². The van der Waals surface area contributed by atoms with Gasteiger partial charge < -0.3 is 15.2 Å². The molecule has 5 nitrogen and oxygen atoms in total. The quantitative estimate of drug-likeness (QED) is 0.387. The molecule has 0 fully saturated rings. The van der Waals surface area contributed by atoms with E-state index < -0.39 is 41.6 Å². The van der Waals surface area contributed by atoms with Crippen LogP contribution >= 0.6 is 11.6 Å². The topological polar surface area (TPSA) is 75.6 Å². The Morgan fingerprint density at radius 1 is 0.943 bits per heavy atom. The van der Waals surface area contributed by atoms with Crippen molar-refractivity contribution in [2.24, 2.45) is 0 Å². The number of carboxylic acids is 1. The molecule has 0 saturated heterocycles. The number of alkyl carbamates (subject to hydrolysis) is 1. The van der Waals surface area contributed by atoms with E-state index >= 15 is 0 Å². The fraction of sp³-hybridized carbons (Fsp3) is 0.231. The lowest BCUT2D eigenvalue weighted by atomic mass is 9.89. The molecule has 2 N–H and O–H groups in total. The number of nitrogens with one attached hydrogen (secondary N) is 1. The van der Waals surface area contributed by atoms with E-state index in [1.165, 1.54) is 12.1 Å². The zero-order valence-electron chi connectivity index (χ0n) is 18.3. The number of carbonyl (C=O) groups is 2. The highest BCUT2D eigenvalue weighted by Gasteiger charge is 2.39. The third-order valence-corrected chi connectivity index (χ3v) is 6.45. The first-order valence-electron chi connectivity index (χ1n) is 10.8. The monoisotopic (exact) mass is 503 g/mol. The third kappa shape index (κ3) is 4.98. The Labute approximate surface area is 204 Å². The number of carbonyl (C=O) groups excluding carboxylic acids is 1. The number of fused-ring (bicyclic) bond motifs is 3. The van der Waals surface area contributed by atoms with Crippen molar-refractivity contribution in [1.82, 2.24) is 5.32 Å². The summed E-state index contributed by atoms with van der Waals surface area (Å²) in [6, 6.07) is 18.2. The van der Waals surface area contributed by atoms with E-state index in [9.17, 15) is 27.9 Å². The fourth-order valence-corrected chi connectivity index (χ4v) is 4.88. The molecule has 2 unspecified atom stereocenters. The van der Waals surface area contributed by atoms with Gasteiger partial charge in [0, 0.05) is 17.7 Å². The average molecular weight is 504 g/mol. The van der Waals surface area contributed by atoms with Crippen molar-refractivity contribution in [2.75, 3.05) is 12.5 Å². The summed E-state index contributed by atoms with van der Waals surface area (Å²) in [6.07, 6.45) is -5.77. The Hall–Kier alpha value is -3.52. The van der Waals surface area contributed by atoms with Crippen molar-refractivity contribution in [3.05, 3.63) is 95.1 Å². The summed E-state index contributed by atoms with van der Waals surface area (Å²) < 4.78 is 45.9. The Bertz CT molecular complexity index is 1200. The lowest BCUT2D eigenvalue weighted by Gasteiger charge is -2.26. The molecule has 0 saturated carbocycles. The molecule has 0 radical (unpaired) electrons. The van der Waals surface area contributed by atoms with Crippen molar-refractivity contribution in [3.63, 3.8) is 0 Å². The molecule has 0 aliphatic heterocycles. The highest BCUT2D eigenvalue weighted by Crippen LogP contribution is 2.44. The van der Waals surface area contributed by atoms with Crippen molar-refractivity contribution in [1.29, 1.82) is 0 Å². The molecular weight excluding hydrogens is 483 g/mol. The van der Waals surface area contributed by atoms with E-state index in [1.54, 1.807) is 0 Å². The van der Waals surface area contributed by atoms with Gasteiger partial charge in [-0.15, -0.1) is 11.6 Å². The van der Waals surface area contributed by atoms with Gasteiger partial charge in [-0.3, -0.25) is 0 Å². The number of ether oxygens (including phenoxy) is 1. The van der Waals surface area contributed by atoms with Gasteiger partial charge in [0.25, 0.3) is 0 Å². The highest BCUT2D eigenvalue weighted by atomic mass is 35.5. The van der Waals surface area contributed by atoms with Crippen LogP contribution in [0.5, 0.6) is 0 Å². The van der Waals surface area contributed by atoms with Gasteiger partial charge in [-0.25, -0.2) is 9.59 Å². The molecule has 0 aromatic heterocycles. The second-order valence-corrected chi connectivity index (χ2v) is 8.44. The van der Waals surface area contributed by atoms with Crippen LogP contribution in [0, 0.1) is 0 Å². The van der Waals surface area contributed by atoms with E-state index in [-0.39, 0.29) is 18.1 Å². The molecule has 182 valence electrons. The minimum absolute atomic E-state index is 0.0725. The Balaban J connectivity index is 1.52. The van der Waals surface area contributed by atoms with Crippen LogP contribution < -0.4 is 5.32 Å². The third-order valence-electron chi connectivity index (χ3n) is 6.12. The van der Waals surface area contributed by atoms with Crippen LogP contribution in [0.4, 0.5) is 18.0 Å². The zero-order chi connectivity index (χ0) is 25.2. The number of amides is 1. The van der Waals surface area contributed by atoms with Gasteiger partial charge in [0.1, 0.15) is 12.6 Å². The molecule has 3 aromatic carbocycles. The molecule has 0 spiro atoms. The highest BCUT2D eigenvalue weighted by molar-refractivity contribution is 6.18. The van der Waals surface area contributed by atoms with Crippen molar-refractivity contribution in [2.45, 2.75) is 24.1 Å². The molecular formula is C26H21ClF3NO4. The number of rotatable bonds is 7. The van der Waals surface area contributed by atoms with Crippen LogP contribution in [0.3, 0.4) is 0 Å². The summed E-state index contributed by atoms with van der Waals surface area (Å²) in [4.78, 5) is 24.6. The summed E-state index contributed by atoms with van der Waals surface area (Å²) >= 11 is 5.92. The van der Waals surface area contributed by atoms with Crippen LogP contribution in [0.2, 0.25) is 0 Å². The maximum absolute atomic E-state index is 13.5. The van der Waals surface area contributed by atoms with E-state index in [1.807, 2.05) is 48.5 Å². The van der Waals surface area contributed by atoms with E-state index in [4.69, 9.17) is 16.3 Å². The van der Waals surface area contributed by atoms with Crippen LogP contribution in [-0.4, -0.2) is 35.7 Å². The summed E-state index contributed by atoms with van der Waals surface area (Å²) in [6.45, 7) is -0.0725. The molecule has 1 aliphatic rings. The van der Waals surface area contributed by atoms with Crippen LogP contribution in [0.25, 0.3) is 11.1 Å². The molecule has 3 aromatic rings. The van der Waals surface area contributed by atoms with Gasteiger partial charge in [0.15, 0.2) is 0 Å². The summed E-state index contributed by atoms with van der Waals surface area (Å²) in [5.41, 5.74) is 2.65. The molecule has 4 rings (SSSR count). The van der Waals surface area contributed by atoms with Crippen molar-refractivity contribution >= 4 is 23.7 Å². The first kappa shape index (κ1) is 24.6. The minimum atomic E-state index is -4.71. The number of hydrogen-bond donors (Lipinski definition) is 2. The van der Waals surface area contributed by atoms with E-state index in [0.29, 0.717) is 0 Å². The second-order valence-electron chi connectivity index (χ2n) is 8.13. The standard InChI is InChI=1S/C26H21ClF3NO4/c27-13-20(19-11-5-6-12-22(19)26(28,29)30)23(24(32)33)31-25(34)35-14-21-17-9-3-1-7-15(17)16-8-2-4-10-18(16)21/h1-12,20-21,23H,13-14H2,(H,31,34)(H,32,33). The van der Waals surface area contributed by atoms with Gasteiger partial charge in [-0.1, -0.05) is 66.7 Å². The number of aliphatic carboxylic acids is 1. The number of benzene rings is 3. The second kappa shape index (κ2) is 10.00. The molecule has 1 aliphatic carbocycles. The first-order valence-corrected chi connectivity index (χ1v) is 11.3. The molecule has 2 atom stereocenters. The Morgan fingerprint density at radius 2 is 1.49 bits per heavy atom. The predicted octanol–water partition coefficient (Wildman–Crippen LogP) is 6.02. The SMILES string of the molecule is O=C(NC(C(=O)O)C(CCl)c1ccccc1C(F)(F)F)OCC1c2ccccc2-c2ccccc21. The van der Waals surface area contributed by atoms with Gasteiger partial charge in [-0.2, -0.15) is 13.2 Å². The average Bonchev–Trinajstić information content (AvgIpc) is 3.16. The van der Waals surface area contributed by atoms with Gasteiger partial charge >= 0.3 is 18.2 Å². The number of carboxylic acid groups (broad SMARTS) is 1. The van der Waals surface area contributed by atoms with E-state index in [2.05, 4.69) is 5.32 Å². The van der Waals surface area contributed by atoms with Crippen LogP contribution in [0.15, 0.2) is 72.8 Å². The Kier molecular flexibility index (Phi) is 7.03. The first-order chi connectivity index (χ1) is 16.7. The van der Waals surface area contributed by atoms with Crippen molar-refractivity contribution in [3.8, 4) is 11.1 Å². The summed E-state index contributed by atoms with van der Waals surface area (Å²) in [7, 11) is 0. The number of halogens is 4. The van der Waals surface area contributed by atoms with Gasteiger partial charge in [0.05, 0.1) is 5.56 Å². The molecule has 1 amide bonds. The maximum Gasteiger partial charge on any atom is 0.416 e. The molecule has 35 heavy (non-hydrogen) atoms. The lowest BCUT2D eigenvalue weighted by Crippen LogP contribution is -2.46. The van der Waals surface area contributed by atoms with Crippen LogP contribution in [-0.2, 0) is 15.7 Å². The molecule has 9 heteroatoms. The fourth-order valence-electron chi connectivity index (χ4n) is 4.53. The Morgan fingerprint density at radius 3 is 2.03 bits per heavy atom. The predicted molar refractivity (Wildman–Crippen MR) is 125 cm³/mol. The zero-order valence-corrected chi connectivity index (χ0v) is 19.0. The van der Waals surface area contributed by atoms with Crippen LogP contribution in [0.1, 0.15) is 34.1 Å². The smallest absolute Gasteiger partial charge is 0.416 e. The lowest BCUT2D eigenvalue weighted by molar-refractivity contribution is -0.142. The molecule has 0 heterocycles. The van der Waals surface area contributed by atoms with E-state index in [0.717, 1.165) is 34.4 Å². The largest absolute Gasteiger partial charge is 0.480 e. The molecule has 0 bridgehead atoms. The number of alkyl halides is 4. The summed E-state index contributed by atoms with van der Waals surface area (Å²) in [5.74, 6) is -3.59. The summed E-state index contributed by atoms with van der Waals surface area (Å²) in [5, 5.41) is 11.9. The number of hydrogen-bond acceptors (Lipinski definition) is 3. The minimum Gasteiger partial charge on any atom is -0.480 e. The maximum atomic E-state index is 13.5. The van der Waals surface area contributed by atoms with Gasteiger partial charge in [-0.05, 0) is 33.9 Å². The van der Waals surface area contributed by atoms with Gasteiger partial charge in [0.2, 0.25) is 0 Å². The normalized spacial score (nSPS) is 14.5.